The molecule has 1 aliphatic heterocycles. The summed E-state index contributed by atoms with van der Waals surface area (Å²) >= 11 is 0. The highest BCUT2D eigenvalue weighted by Gasteiger charge is 2.44. The second-order valence-corrected chi connectivity index (χ2v) is 14.8. The Morgan fingerprint density at radius 3 is 1.63 bits per heavy atom. The van der Waals surface area contributed by atoms with Crippen molar-refractivity contribution < 1.29 is 49.0 Å². The van der Waals surface area contributed by atoms with E-state index in [4.69, 9.17) is 18.9 Å². The van der Waals surface area contributed by atoms with Gasteiger partial charge in [-0.05, 0) is 57.8 Å². The van der Waals surface area contributed by atoms with Gasteiger partial charge >= 0.3 is 11.9 Å². The third-order valence-electron chi connectivity index (χ3n) is 9.76. The fourth-order valence-electron chi connectivity index (χ4n) is 6.29. The number of carbonyl (C=O) groups excluding carboxylic acids is 2. The van der Waals surface area contributed by atoms with Gasteiger partial charge in [0.15, 0.2) is 12.4 Å². The quantitative estimate of drug-likeness (QED) is 0.0280. The number of aliphatic hydroxyl groups excluding tert-OH is 4. The zero-order valence-electron chi connectivity index (χ0n) is 34.0. The van der Waals surface area contributed by atoms with E-state index in [-0.39, 0.29) is 26.1 Å². The fraction of sp³-hybridized carbons (Fsp3) is 0.818. The van der Waals surface area contributed by atoms with Crippen LogP contribution in [0.3, 0.4) is 0 Å². The Bertz CT molecular complexity index is 980. The van der Waals surface area contributed by atoms with Crippen LogP contribution in [-0.2, 0) is 28.5 Å². The van der Waals surface area contributed by atoms with Crippen LogP contribution in [0.1, 0.15) is 174 Å². The summed E-state index contributed by atoms with van der Waals surface area (Å²) < 4.78 is 22.0. The monoisotopic (exact) mass is 767 g/mol. The van der Waals surface area contributed by atoms with Crippen LogP contribution in [0.4, 0.5) is 0 Å². The highest BCUT2D eigenvalue weighted by atomic mass is 16.7. The SMILES string of the molecule is CCCCCCCC/C=C/C/C=C/CCC(=O)OC(COC(=O)CCCCCCC/C=C/CCCCCCCCC)CO[C@H]1O[C@@H](CO)[C@@H](O)C(O)C1O. The molecule has 3 unspecified atom stereocenters. The Kier molecular flexibility index (Phi) is 32.7. The molecule has 0 radical (unpaired) electrons. The lowest BCUT2D eigenvalue weighted by atomic mass is 9.99. The normalized spacial score (nSPS) is 21.0. The van der Waals surface area contributed by atoms with Gasteiger partial charge in [-0.2, -0.15) is 0 Å². The minimum atomic E-state index is -1.60. The van der Waals surface area contributed by atoms with Gasteiger partial charge < -0.3 is 39.4 Å². The molecule has 0 saturated carbocycles. The zero-order valence-corrected chi connectivity index (χ0v) is 34.0. The molecule has 0 bridgehead atoms. The lowest BCUT2D eigenvalue weighted by Crippen LogP contribution is -2.59. The van der Waals surface area contributed by atoms with Crippen molar-refractivity contribution in [3.05, 3.63) is 36.5 Å². The highest BCUT2D eigenvalue weighted by molar-refractivity contribution is 5.70. The van der Waals surface area contributed by atoms with E-state index in [1.165, 1.54) is 89.9 Å². The predicted octanol–water partition coefficient (Wildman–Crippen LogP) is 8.72. The standard InChI is InChI=1S/C44H78O10/c1-3-5-7-9-11-13-15-17-18-19-21-22-24-26-28-30-32-39(46)51-35-37(36-52-44-43(50)42(49)41(48)38(34-45)54-44)53-40(47)33-31-29-27-25-23-20-16-14-12-10-8-6-4-2/h18-20,23,27,29,37-38,41-45,48-50H,3-17,21-22,24-26,28,30-36H2,1-2H3/b19-18+,23-20+,29-27+/t37?,38-,41+,42?,43?,44-/m0/s1. The van der Waals surface area contributed by atoms with Crippen LogP contribution in [0.25, 0.3) is 0 Å². The maximum atomic E-state index is 12.7. The van der Waals surface area contributed by atoms with E-state index in [2.05, 4.69) is 38.2 Å². The topological polar surface area (TPSA) is 152 Å². The molecule has 314 valence electrons. The molecule has 0 aromatic rings. The van der Waals surface area contributed by atoms with Gasteiger partial charge in [-0.25, -0.2) is 0 Å². The predicted molar refractivity (Wildman–Crippen MR) is 215 cm³/mol. The van der Waals surface area contributed by atoms with Gasteiger partial charge in [0.25, 0.3) is 0 Å². The van der Waals surface area contributed by atoms with Gasteiger partial charge in [0.1, 0.15) is 31.0 Å². The first-order valence-corrected chi connectivity index (χ1v) is 21.6. The minimum Gasteiger partial charge on any atom is -0.462 e. The maximum Gasteiger partial charge on any atom is 0.306 e. The second-order valence-electron chi connectivity index (χ2n) is 14.8. The van der Waals surface area contributed by atoms with Gasteiger partial charge in [-0.3, -0.25) is 9.59 Å². The van der Waals surface area contributed by atoms with E-state index in [1.807, 2.05) is 12.2 Å². The third kappa shape index (κ3) is 26.7. The van der Waals surface area contributed by atoms with Crippen molar-refractivity contribution in [3.8, 4) is 0 Å². The summed E-state index contributed by atoms with van der Waals surface area (Å²) in [4.78, 5) is 25.2. The number of ether oxygens (including phenoxy) is 4. The largest absolute Gasteiger partial charge is 0.462 e. The van der Waals surface area contributed by atoms with Gasteiger partial charge in [0.05, 0.1) is 13.2 Å². The molecule has 10 nitrogen and oxygen atoms in total. The zero-order chi connectivity index (χ0) is 39.5. The summed E-state index contributed by atoms with van der Waals surface area (Å²) in [5.41, 5.74) is 0. The Hall–Kier alpha value is -2.08. The number of rotatable bonds is 35. The average Bonchev–Trinajstić information content (AvgIpc) is 3.17. The van der Waals surface area contributed by atoms with Crippen LogP contribution in [0, 0.1) is 0 Å². The first kappa shape index (κ1) is 49.9. The van der Waals surface area contributed by atoms with Crippen LogP contribution in [0.15, 0.2) is 36.5 Å². The third-order valence-corrected chi connectivity index (χ3v) is 9.76. The molecule has 0 aromatic carbocycles. The molecular weight excluding hydrogens is 688 g/mol. The minimum absolute atomic E-state index is 0.122. The average molecular weight is 767 g/mol. The molecule has 10 heteroatoms. The molecule has 1 heterocycles. The number of unbranched alkanes of at least 4 members (excludes halogenated alkanes) is 18. The lowest BCUT2D eigenvalue weighted by Gasteiger charge is -2.39. The highest BCUT2D eigenvalue weighted by Crippen LogP contribution is 2.22. The molecule has 0 spiro atoms. The number of aliphatic hydroxyl groups is 4. The van der Waals surface area contributed by atoms with Crippen molar-refractivity contribution >= 4 is 11.9 Å². The number of hydrogen-bond donors (Lipinski definition) is 4. The summed E-state index contributed by atoms with van der Waals surface area (Å²) in [5.74, 6) is -0.894. The van der Waals surface area contributed by atoms with E-state index in [0.717, 1.165) is 44.9 Å². The summed E-state index contributed by atoms with van der Waals surface area (Å²) in [5, 5.41) is 40.0. The van der Waals surface area contributed by atoms with Crippen molar-refractivity contribution in [2.24, 2.45) is 0 Å². The maximum absolute atomic E-state index is 12.7. The first-order valence-electron chi connectivity index (χ1n) is 21.6. The Balaban J connectivity index is 2.39. The van der Waals surface area contributed by atoms with E-state index < -0.39 is 55.4 Å². The molecule has 1 fully saturated rings. The molecule has 1 rings (SSSR count). The van der Waals surface area contributed by atoms with E-state index in [1.54, 1.807) is 0 Å². The summed E-state index contributed by atoms with van der Waals surface area (Å²) in [6, 6.07) is 0. The number of hydrogen-bond acceptors (Lipinski definition) is 10. The summed E-state index contributed by atoms with van der Waals surface area (Å²) in [6.45, 7) is 3.34. The van der Waals surface area contributed by atoms with E-state index in [9.17, 15) is 30.0 Å². The molecule has 1 aliphatic rings. The molecule has 0 amide bonds. The lowest BCUT2D eigenvalue weighted by molar-refractivity contribution is -0.305. The molecular formula is C44H78O10. The fourth-order valence-corrected chi connectivity index (χ4v) is 6.29. The smallest absolute Gasteiger partial charge is 0.306 e. The van der Waals surface area contributed by atoms with Crippen LogP contribution in [0.5, 0.6) is 0 Å². The number of carbonyl (C=O) groups is 2. The van der Waals surface area contributed by atoms with Crippen molar-refractivity contribution in [1.29, 1.82) is 0 Å². The van der Waals surface area contributed by atoms with Gasteiger partial charge in [0.2, 0.25) is 0 Å². The van der Waals surface area contributed by atoms with Crippen molar-refractivity contribution in [2.45, 2.75) is 211 Å². The summed E-state index contributed by atoms with van der Waals surface area (Å²) in [7, 11) is 0. The van der Waals surface area contributed by atoms with E-state index >= 15 is 0 Å². The van der Waals surface area contributed by atoms with Crippen LogP contribution in [-0.4, -0.2) is 89.0 Å². The van der Waals surface area contributed by atoms with Crippen LogP contribution >= 0.6 is 0 Å². The number of esters is 2. The van der Waals surface area contributed by atoms with Gasteiger partial charge in [-0.15, -0.1) is 0 Å². The van der Waals surface area contributed by atoms with Crippen molar-refractivity contribution in [1.82, 2.24) is 0 Å². The molecule has 6 atom stereocenters. The van der Waals surface area contributed by atoms with E-state index in [0.29, 0.717) is 12.8 Å². The molecule has 0 aliphatic carbocycles. The molecule has 4 N–H and O–H groups in total. The molecule has 1 saturated heterocycles. The Morgan fingerprint density at radius 1 is 0.574 bits per heavy atom. The number of allylic oxidation sites excluding steroid dienone is 6. The molecule has 0 aromatic heterocycles. The first-order chi connectivity index (χ1) is 26.3. The Morgan fingerprint density at radius 2 is 1.07 bits per heavy atom. The van der Waals surface area contributed by atoms with Crippen LogP contribution < -0.4 is 0 Å². The van der Waals surface area contributed by atoms with Crippen molar-refractivity contribution in [2.75, 3.05) is 19.8 Å². The van der Waals surface area contributed by atoms with Crippen molar-refractivity contribution in [3.63, 3.8) is 0 Å². The summed E-state index contributed by atoms with van der Waals surface area (Å²) in [6.07, 6.45) is 31.7. The van der Waals surface area contributed by atoms with Gasteiger partial charge in [0, 0.05) is 12.8 Å². The van der Waals surface area contributed by atoms with Gasteiger partial charge in [-0.1, -0.05) is 140 Å². The molecule has 54 heavy (non-hydrogen) atoms. The Labute approximate surface area is 327 Å². The van der Waals surface area contributed by atoms with Crippen LogP contribution in [0.2, 0.25) is 0 Å². The second kappa shape index (κ2) is 35.3.